The highest BCUT2D eigenvalue weighted by molar-refractivity contribution is 5.49. The van der Waals surface area contributed by atoms with Gasteiger partial charge in [-0.05, 0) is 12.5 Å². The molecule has 0 spiro atoms. The van der Waals surface area contributed by atoms with Crippen molar-refractivity contribution < 1.29 is 0 Å². The molecule has 0 fully saturated rings. The van der Waals surface area contributed by atoms with Crippen LogP contribution in [0.4, 0.5) is 0 Å². The van der Waals surface area contributed by atoms with Gasteiger partial charge in [0, 0.05) is 24.5 Å². The molecule has 4 nitrogen and oxygen atoms in total. The maximum absolute atomic E-state index is 5.64. The summed E-state index contributed by atoms with van der Waals surface area (Å²) >= 11 is 0. The third kappa shape index (κ3) is 1.19. The van der Waals surface area contributed by atoms with Crippen LogP contribution >= 0.6 is 0 Å². The molecule has 0 unspecified atom stereocenters. The minimum atomic E-state index is 0.504. The number of hydrogen-bond donors (Lipinski definition) is 1. The summed E-state index contributed by atoms with van der Waals surface area (Å²) in [7, 11) is 0. The number of aryl methyl sites for hydroxylation is 1. The van der Waals surface area contributed by atoms with E-state index in [9.17, 15) is 0 Å². The molecule has 0 aromatic carbocycles. The predicted molar refractivity (Wildman–Crippen MR) is 50.3 cm³/mol. The first-order valence-corrected chi connectivity index (χ1v) is 4.38. The highest BCUT2D eigenvalue weighted by Gasteiger charge is 2.09. The Morgan fingerprint density at radius 3 is 3.08 bits per heavy atom. The van der Waals surface area contributed by atoms with Crippen molar-refractivity contribution in [3.8, 4) is 0 Å². The van der Waals surface area contributed by atoms with Gasteiger partial charge < -0.3 is 5.73 Å². The van der Waals surface area contributed by atoms with Crippen LogP contribution in [0, 0.1) is 0 Å². The van der Waals surface area contributed by atoms with Gasteiger partial charge in [0.25, 0.3) is 0 Å². The largest absolute Gasteiger partial charge is 0.326 e. The molecule has 0 radical (unpaired) electrons. The summed E-state index contributed by atoms with van der Waals surface area (Å²) in [6.45, 7) is 2.57. The molecule has 0 atom stereocenters. The summed E-state index contributed by atoms with van der Waals surface area (Å²) in [5.41, 5.74) is 8.62. The topological polar surface area (TPSA) is 56.2 Å². The molecule has 4 heteroatoms. The molecule has 2 rings (SSSR count). The van der Waals surface area contributed by atoms with Crippen molar-refractivity contribution in [2.24, 2.45) is 5.73 Å². The lowest BCUT2D eigenvalue weighted by atomic mass is 10.2. The Kier molecular flexibility index (Phi) is 1.98. The summed E-state index contributed by atoms with van der Waals surface area (Å²) in [6.07, 6.45) is 4.55. The quantitative estimate of drug-likeness (QED) is 0.734. The Labute approximate surface area is 76.4 Å². The van der Waals surface area contributed by atoms with Crippen molar-refractivity contribution in [2.45, 2.75) is 19.9 Å². The van der Waals surface area contributed by atoms with E-state index >= 15 is 0 Å². The van der Waals surface area contributed by atoms with Crippen molar-refractivity contribution in [1.29, 1.82) is 0 Å². The Bertz CT molecular complexity index is 418. The van der Waals surface area contributed by atoms with Gasteiger partial charge in [-0.15, -0.1) is 0 Å². The summed E-state index contributed by atoms with van der Waals surface area (Å²) in [5, 5.41) is 4.38. The van der Waals surface area contributed by atoms with E-state index in [-0.39, 0.29) is 0 Å². The number of nitrogens with two attached hydrogens (primary N) is 1. The predicted octanol–water partition coefficient (Wildman–Crippen LogP) is 0.750. The summed E-state index contributed by atoms with van der Waals surface area (Å²) in [4.78, 5) is 4.24. The Morgan fingerprint density at radius 1 is 1.54 bits per heavy atom. The van der Waals surface area contributed by atoms with E-state index in [4.69, 9.17) is 5.73 Å². The molecule has 68 valence electrons. The van der Waals surface area contributed by atoms with Gasteiger partial charge in [0.15, 0.2) is 5.65 Å². The average molecular weight is 176 g/mol. The van der Waals surface area contributed by atoms with Crippen LogP contribution in [-0.4, -0.2) is 14.6 Å². The van der Waals surface area contributed by atoms with E-state index < -0.39 is 0 Å². The van der Waals surface area contributed by atoms with Gasteiger partial charge in [-0.1, -0.05) is 6.92 Å². The molecular weight excluding hydrogens is 164 g/mol. The van der Waals surface area contributed by atoms with E-state index in [1.54, 1.807) is 10.7 Å². The number of hydrogen-bond acceptors (Lipinski definition) is 3. The molecule has 0 aliphatic carbocycles. The molecule has 2 aromatic heterocycles. The summed E-state index contributed by atoms with van der Waals surface area (Å²) in [5.74, 6) is 0. The number of nitrogens with zero attached hydrogens (tertiary/aromatic N) is 3. The second-order valence-electron chi connectivity index (χ2n) is 2.87. The van der Waals surface area contributed by atoms with Crippen LogP contribution < -0.4 is 5.73 Å². The number of aromatic nitrogens is 3. The summed E-state index contributed by atoms with van der Waals surface area (Å²) < 4.78 is 1.78. The van der Waals surface area contributed by atoms with Crippen LogP contribution in [0.15, 0.2) is 18.5 Å². The Balaban J connectivity index is 2.73. The fourth-order valence-electron chi connectivity index (χ4n) is 1.47. The second-order valence-corrected chi connectivity index (χ2v) is 2.87. The van der Waals surface area contributed by atoms with Gasteiger partial charge in [-0.3, -0.25) is 0 Å². The Hall–Kier alpha value is -1.42. The third-order valence-corrected chi connectivity index (χ3v) is 2.11. The first-order chi connectivity index (χ1) is 6.36. The minimum Gasteiger partial charge on any atom is -0.326 e. The molecule has 2 aromatic rings. The fraction of sp³-hybridized carbons (Fsp3) is 0.333. The van der Waals surface area contributed by atoms with Crippen molar-refractivity contribution in [1.82, 2.24) is 14.6 Å². The zero-order chi connectivity index (χ0) is 9.26. The smallest absolute Gasteiger partial charge is 0.159 e. The standard InChI is InChI=1S/C9H12N4/c1-2-8-7(6-10)9-11-4-3-5-13(9)12-8/h3-5H,2,6,10H2,1H3. The minimum absolute atomic E-state index is 0.504. The molecule has 0 amide bonds. The zero-order valence-corrected chi connectivity index (χ0v) is 7.57. The molecule has 2 N–H and O–H groups in total. The van der Waals surface area contributed by atoms with Gasteiger partial charge in [0.2, 0.25) is 0 Å². The van der Waals surface area contributed by atoms with Crippen molar-refractivity contribution in [3.63, 3.8) is 0 Å². The monoisotopic (exact) mass is 176 g/mol. The van der Waals surface area contributed by atoms with Crippen LogP contribution in [0.2, 0.25) is 0 Å². The Morgan fingerprint density at radius 2 is 2.38 bits per heavy atom. The van der Waals surface area contributed by atoms with Gasteiger partial charge in [0.1, 0.15) is 0 Å². The van der Waals surface area contributed by atoms with E-state index in [2.05, 4.69) is 17.0 Å². The molecule has 0 saturated carbocycles. The molecule has 0 aliphatic heterocycles. The molecule has 13 heavy (non-hydrogen) atoms. The highest BCUT2D eigenvalue weighted by Crippen LogP contribution is 2.12. The van der Waals surface area contributed by atoms with Gasteiger partial charge in [-0.25, -0.2) is 9.50 Å². The van der Waals surface area contributed by atoms with Gasteiger partial charge >= 0.3 is 0 Å². The average Bonchev–Trinajstić information content (AvgIpc) is 2.55. The number of fused-ring (bicyclic) bond motifs is 1. The van der Waals surface area contributed by atoms with Crippen LogP contribution in [-0.2, 0) is 13.0 Å². The van der Waals surface area contributed by atoms with Crippen molar-refractivity contribution >= 4 is 5.65 Å². The van der Waals surface area contributed by atoms with Gasteiger partial charge in [0.05, 0.1) is 5.69 Å². The van der Waals surface area contributed by atoms with E-state index in [0.29, 0.717) is 6.54 Å². The fourth-order valence-corrected chi connectivity index (χ4v) is 1.47. The molecule has 2 heterocycles. The van der Waals surface area contributed by atoms with E-state index in [1.807, 2.05) is 12.3 Å². The lowest BCUT2D eigenvalue weighted by Gasteiger charge is -1.93. The SMILES string of the molecule is CCc1nn2cccnc2c1CN. The lowest BCUT2D eigenvalue weighted by molar-refractivity contribution is 0.882. The maximum atomic E-state index is 5.64. The molecule has 0 saturated heterocycles. The molecule has 0 bridgehead atoms. The van der Waals surface area contributed by atoms with Crippen LogP contribution in [0.25, 0.3) is 5.65 Å². The van der Waals surface area contributed by atoms with Crippen molar-refractivity contribution in [2.75, 3.05) is 0 Å². The van der Waals surface area contributed by atoms with Crippen LogP contribution in [0.5, 0.6) is 0 Å². The number of rotatable bonds is 2. The van der Waals surface area contributed by atoms with Crippen molar-refractivity contribution in [3.05, 3.63) is 29.7 Å². The first kappa shape index (κ1) is 8.19. The highest BCUT2D eigenvalue weighted by atomic mass is 15.2. The normalized spacial score (nSPS) is 10.9. The lowest BCUT2D eigenvalue weighted by Crippen LogP contribution is -1.99. The molecular formula is C9H12N4. The van der Waals surface area contributed by atoms with Gasteiger partial charge in [-0.2, -0.15) is 5.10 Å². The third-order valence-electron chi connectivity index (χ3n) is 2.11. The summed E-state index contributed by atoms with van der Waals surface area (Å²) in [6, 6.07) is 1.86. The first-order valence-electron chi connectivity index (χ1n) is 4.38. The maximum Gasteiger partial charge on any atom is 0.159 e. The van der Waals surface area contributed by atoms with Crippen LogP contribution in [0.1, 0.15) is 18.2 Å². The van der Waals surface area contributed by atoms with E-state index in [0.717, 1.165) is 23.3 Å². The van der Waals surface area contributed by atoms with E-state index in [1.165, 1.54) is 0 Å². The molecule has 0 aliphatic rings. The van der Waals surface area contributed by atoms with Crippen LogP contribution in [0.3, 0.4) is 0 Å². The second kappa shape index (κ2) is 3.14. The zero-order valence-electron chi connectivity index (χ0n) is 7.57.